The van der Waals surface area contributed by atoms with Crippen molar-refractivity contribution in [2.45, 2.75) is 44.9 Å². The highest BCUT2D eigenvalue weighted by Gasteiger charge is 2.40. The Morgan fingerprint density at radius 3 is 2.71 bits per heavy atom. The van der Waals surface area contributed by atoms with E-state index < -0.39 is 0 Å². The van der Waals surface area contributed by atoms with E-state index in [0.717, 1.165) is 57.3 Å². The Morgan fingerprint density at radius 2 is 2.10 bits per heavy atom. The fraction of sp³-hybridized carbons (Fsp3) is 0.941. The lowest BCUT2D eigenvalue weighted by Crippen LogP contribution is -2.47. The van der Waals surface area contributed by atoms with Gasteiger partial charge in [-0.3, -0.25) is 4.79 Å². The second-order valence-corrected chi connectivity index (χ2v) is 7.60. The molecule has 3 aliphatic rings. The Hall–Kier alpha value is -0.610. The van der Waals surface area contributed by atoms with E-state index in [1.165, 1.54) is 25.7 Å². The molecule has 0 radical (unpaired) electrons. The number of methoxy groups -OCH3 is 1. The Balaban J connectivity index is 1.45. The largest absolute Gasteiger partial charge is 0.384 e. The van der Waals surface area contributed by atoms with Crippen molar-refractivity contribution in [3.8, 4) is 0 Å². The van der Waals surface area contributed by atoms with Crippen LogP contribution in [0.1, 0.15) is 44.9 Å². The molecular weight excluding hydrogens is 264 g/mol. The van der Waals surface area contributed by atoms with E-state index >= 15 is 0 Å². The normalized spacial score (nSPS) is 34.0. The summed E-state index contributed by atoms with van der Waals surface area (Å²) in [5.41, 5.74) is 0.143. The van der Waals surface area contributed by atoms with Crippen LogP contribution in [-0.2, 0) is 9.53 Å². The number of nitrogens with one attached hydrogen (secondary N) is 2. The average molecular weight is 294 g/mol. The van der Waals surface area contributed by atoms with E-state index in [1.807, 2.05) is 0 Å². The van der Waals surface area contributed by atoms with Crippen LogP contribution in [0.5, 0.6) is 0 Å². The van der Waals surface area contributed by atoms with Crippen LogP contribution < -0.4 is 10.6 Å². The van der Waals surface area contributed by atoms with Gasteiger partial charge in [0.1, 0.15) is 0 Å². The van der Waals surface area contributed by atoms with Gasteiger partial charge in [0.15, 0.2) is 0 Å². The first-order valence-corrected chi connectivity index (χ1v) is 8.67. The number of fused-ring (bicyclic) bond motifs is 2. The van der Waals surface area contributed by atoms with Gasteiger partial charge < -0.3 is 15.4 Å². The zero-order chi connectivity index (χ0) is 14.7. The molecule has 120 valence electrons. The highest BCUT2D eigenvalue weighted by Crippen LogP contribution is 2.49. The van der Waals surface area contributed by atoms with Crippen LogP contribution in [-0.4, -0.2) is 39.3 Å². The number of ether oxygens (including phenoxy) is 1. The molecule has 4 heteroatoms. The number of hydrogen-bond acceptors (Lipinski definition) is 3. The van der Waals surface area contributed by atoms with Crippen LogP contribution in [0.4, 0.5) is 0 Å². The third-order valence-electron chi connectivity index (χ3n) is 6.11. The van der Waals surface area contributed by atoms with E-state index in [1.54, 1.807) is 7.11 Å². The molecule has 1 amide bonds. The summed E-state index contributed by atoms with van der Waals surface area (Å²) in [6.07, 6.45) is 8.39. The first-order valence-electron chi connectivity index (χ1n) is 8.67. The molecule has 0 aromatic carbocycles. The molecule has 21 heavy (non-hydrogen) atoms. The van der Waals surface area contributed by atoms with E-state index in [4.69, 9.17) is 4.74 Å². The molecule has 2 bridgehead atoms. The maximum Gasteiger partial charge on any atom is 0.220 e. The van der Waals surface area contributed by atoms with Crippen molar-refractivity contribution in [1.82, 2.24) is 10.6 Å². The second kappa shape index (κ2) is 6.66. The van der Waals surface area contributed by atoms with Gasteiger partial charge in [-0.1, -0.05) is 6.42 Å². The number of rotatable bonds is 6. The SMILES string of the molecule is COCC1(CNC(=O)CC2CC3CCC2C3)CCNCC1. The van der Waals surface area contributed by atoms with Crippen molar-refractivity contribution in [2.24, 2.45) is 23.2 Å². The number of amides is 1. The number of carbonyl (C=O) groups is 1. The van der Waals surface area contributed by atoms with Gasteiger partial charge in [0, 0.05) is 25.5 Å². The Labute approximate surface area is 128 Å². The first-order chi connectivity index (χ1) is 10.2. The van der Waals surface area contributed by atoms with E-state index in [0.29, 0.717) is 5.92 Å². The molecule has 4 nitrogen and oxygen atoms in total. The molecule has 2 aliphatic carbocycles. The van der Waals surface area contributed by atoms with Crippen LogP contribution in [0.2, 0.25) is 0 Å². The summed E-state index contributed by atoms with van der Waals surface area (Å²) >= 11 is 0. The van der Waals surface area contributed by atoms with E-state index in [2.05, 4.69) is 10.6 Å². The topological polar surface area (TPSA) is 50.4 Å². The maximum atomic E-state index is 12.3. The van der Waals surface area contributed by atoms with Crippen LogP contribution in [0.3, 0.4) is 0 Å². The minimum absolute atomic E-state index is 0.143. The van der Waals surface area contributed by atoms with Gasteiger partial charge in [-0.2, -0.15) is 0 Å². The zero-order valence-corrected chi connectivity index (χ0v) is 13.3. The van der Waals surface area contributed by atoms with Gasteiger partial charge in [-0.05, 0) is 62.9 Å². The van der Waals surface area contributed by atoms with Crippen molar-refractivity contribution in [3.05, 3.63) is 0 Å². The van der Waals surface area contributed by atoms with Crippen LogP contribution >= 0.6 is 0 Å². The predicted octanol–water partition coefficient (Wildman–Crippen LogP) is 1.95. The molecule has 1 aliphatic heterocycles. The Bertz CT molecular complexity index is 360. The van der Waals surface area contributed by atoms with Gasteiger partial charge in [0.2, 0.25) is 5.91 Å². The molecule has 1 saturated heterocycles. The Kier molecular flexibility index (Phi) is 4.85. The molecule has 3 fully saturated rings. The van der Waals surface area contributed by atoms with Gasteiger partial charge >= 0.3 is 0 Å². The summed E-state index contributed by atoms with van der Waals surface area (Å²) < 4.78 is 5.41. The molecule has 1 heterocycles. The fourth-order valence-corrected chi connectivity index (χ4v) is 4.86. The minimum atomic E-state index is 0.143. The fourth-order valence-electron chi connectivity index (χ4n) is 4.86. The lowest BCUT2D eigenvalue weighted by Gasteiger charge is -2.37. The molecule has 3 atom stereocenters. The summed E-state index contributed by atoms with van der Waals surface area (Å²) in [6, 6.07) is 0. The van der Waals surface area contributed by atoms with Crippen molar-refractivity contribution in [3.63, 3.8) is 0 Å². The summed E-state index contributed by atoms with van der Waals surface area (Å²) in [4.78, 5) is 12.3. The van der Waals surface area contributed by atoms with Crippen molar-refractivity contribution < 1.29 is 9.53 Å². The smallest absolute Gasteiger partial charge is 0.220 e. The van der Waals surface area contributed by atoms with E-state index in [9.17, 15) is 4.79 Å². The number of hydrogen-bond donors (Lipinski definition) is 2. The third-order valence-corrected chi connectivity index (χ3v) is 6.11. The van der Waals surface area contributed by atoms with Gasteiger partial charge in [0.25, 0.3) is 0 Å². The highest BCUT2D eigenvalue weighted by molar-refractivity contribution is 5.76. The van der Waals surface area contributed by atoms with Gasteiger partial charge in [0.05, 0.1) is 6.61 Å². The molecule has 3 unspecified atom stereocenters. The predicted molar refractivity (Wildman–Crippen MR) is 83.0 cm³/mol. The van der Waals surface area contributed by atoms with Crippen LogP contribution in [0.15, 0.2) is 0 Å². The molecule has 2 saturated carbocycles. The monoisotopic (exact) mass is 294 g/mol. The van der Waals surface area contributed by atoms with E-state index in [-0.39, 0.29) is 11.3 Å². The van der Waals surface area contributed by atoms with Crippen molar-refractivity contribution >= 4 is 5.91 Å². The molecule has 3 rings (SSSR count). The molecule has 2 N–H and O–H groups in total. The summed E-state index contributed by atoms with van der Waals surface area (Å²) in [6.45, 7) is 3.60. The van der Waals surface area contributed by atoms with Crippen molar-refractivity contribution in [1.29, 1.82) is 0 Å². The van der Waals surface area contributed by atoms with Crippen LogP contribution in [0, 0.1) is 23.2 Å². The lowest BCUT2D eigenvalue weighted by atomic mass is 9.79. The van der Waals surface area contributed by atoms with Crippen molar-refractivity contribution in [2.75, 3.05) is 33.4 Å². The van der Waals surface area contributed by atoms with Crippen LogP contribution in [0.25, 0.3) is 0 Å². The Morgan fingerprint density at radius 1 is 1.29 bits per heavy atom. The average Bonchev–Trinajstić information content (AvgIpc) is 3.09. The summed E-state index contributed by atoms with van der Waals surface area (Å²) in [7, 11) is 1.76. The summed E-state index contributed by atoms with van der Waals surface area (Å²) in [5, 5.41) is 6.61. The number of carbonyl (C=O) groups excluding carboxylic acids is 1. The maximum absolute atomic E-state index is 12.3. The summed E-state index contributed by atoms with van der Waals surface area (Å²) in [5.74, 6) is 2.70. The lowest BCUT2D eigenvalue weighted by molar-refractivity contribution is -0.123. The molecule has 0 spiro atoms. The quantitative estimate of drug-likeness (QED) is 0.787. The molecular formula is C17H30N2O2. The molecule has 0 aromatic rings. The third kappa shape index (κ3) is 3.59. The van der Waals surface area contributed by atoms with Gasteiger partial charge in [-0.25, -0.2) is 0 Å². The first kappa shape index (κ1) is 15.3. The zero-order valence-electron chi connectivity index (χ0n) is 13.3. The highest BCUT2D eigenvalue weighted by atomic mass is 16.5. The minimum Gasteiger partial charge on any atom is -0.384 e. The second-order valence-electron chi connectivity index (χ2n) is 7.60. The molecule has 0 aromatic heterocycles. The van der Waals surface area contributed by atoms with Gasteiger partial charge in [-0.15, -0.1) is 0 Å². The standard InChI is InChI=1S/C17H30N2O2/c1-21-12-17(4-6-18-7-5-17)11-19-16(20)10-15-9-13-2-3-14(15)8-13/h13-15,18H,2-12H2,1H3,(H,19,20). The number of piperidine rings is 1.